The number of nitro benzene ring substituents is 1. The van der Waals surface area contributed by atoms with Crippen molar-refractivity contribution in [2.24, 2.45) is 11.8 Å². The van der Waals surface area contributed by atoms with Crippen LogP contribution in [0.4, 0.5) is 21.5 Å². The van der Waals surface area contributed by atoms with Gasteiger partial charge in [-0.15, -0.1) is 0 Å². The van der Waals surface area contributed by atoms with Gasteiger partial charge in [0.25, 0.3) is 5.69 Å². The van der Waals surface area contributed by atoms with Gasteiger partial charge in [0.1, 0.15) is 5.82 Å². The number of nitro groups is 1. The van der Waals surface area contributed by atoms with Crippen molar-refractivity contribution in [2.75, 3.05) is 29.9 Å². The van der Waals surface area contributed by atoms with Crippen LogP contribution in [-0.4, -0.2) is 47.2 Å². The summed E-state index contributed by atoms with van der Waals surface area (Å²) < 4.78 is 14.0. The summed E-state index contributed by atoms with van der Waals surface area (Å²) in [7, 11) is 0. The minimum atomic E-state index is -0.754. The molecule has 9 nitrogen and oxygen atoms in total. The van der Waals surface area contributed by atoms with Crippen LogP contribution in [-0.2, 0) is 14.4 Å². The fraction of sp³-hybridized carbons (Fsp3) is 0.375. The number of benzene rings is 2. The maximum Gasteiger partial charge on any atom is 0.271 e. The van der Waals surface area contributed by atoms with E-state index in [1.54, 1.807) is 9.80 Å². The SMILES string of the molecule is Cc1ccc(N2CC(C(=O)N3CCC(C(=O)Nc4cc([N+](=O)[O-])ccc4F)CC3)CC2=O)cc1. The van der Waals surface area contributed by atoms with E-state index in [0.29, 0.717) is 32.5 Å². The Balaban J connectivity index is 1.32. The Labute approximate surface area is 195 Å². The number of rotatable bonds is 5. The first-order chi connectivity index (χ1) is 16.2. The highest BCUT2D eigenvalue weighted by Crippen LogP contribution is 2.29. The molecule has 0 radical (unpaired) electrons. The number of non-ortho nitro benzene ring substituents is 1. The predicted octanol–water partition coefficient (Wildman–Crippen LogP) is 3.27. The second-order valence-electron chi connectivity index (χ2n) is 8.75. The van der Waals surface area contributed by atoms with E-state index in [1.165, 1.54) is 0 Å². The molecule has 0 aromatic heterocycles. The molecular formula is C24H25FN4O5. The maximum absolute atomic E-state index is 14.0. The number of nitrogens with one attached hydrogen (secondary N) is 1. The molecule has 2 aromatic carbocycles. The minimum Gasteiger partial charge on any atom is -0.342 e. The standard InChI is InChI=1S/C24H25FN4O5/c1-15-2-4-18(5-3-15)28-14-17(12-22(28)30)24(32)27-10-8-16(9-11-27)23(31)26-21-13-19(29(33)34)6-7-20(21)25/h2-7,13,16-17H,8-12,14H2,1H3,(H,26,31). The van der Waals surface area contributed by atoms with Gasteiger partial charge in [0.05, 0.1) is 16.5 Å². The molecule has 2 heterocycles. The Morgan fingerprint density at radius 3 is 2.41 bits per heavy atom. The van der Waals surface area contributed by atoms with E-state index in [4.69, 9.17) is 0 Å². The van der Waals surface area contributed by atoms with Crippen molar-refractivity contribution in [3.63, 3.8) is 0 Å². The van der Waals surface area contributed by atoms with E-state index in [0.717, 1.165) is 29.4 Å². The van der Waals surface area contributed by atoms with Gasteiger partial charge in [-0.25, -0.2) is 4.39 Å². The summed E-state index contributed by atoms with van der Waals surface area (Å²) in [5.74, 6) is -2.26. The predicted molar refractivity (Wildman–Crippen MR) is 123 cm³/mol. The van der Waals surface area contributed by atoms with Crippen LogP contribution in [0.5, 0.6) is 0 Å². The molecule has 0 bridgehead atoms. The van der Waals surface area contributed by atoms with Crippen LogP contribution >= 0.6 is 0 Å². The molecule has 2 aliphatic heterocycles. The number of carbonyl (C=O) groups excluding carboxylic acids is 3. The quantitative estimate of drug-likeness (QED) is 0.535. The molecule has 0 aliphatic carbocycles. The third-order valence-electron chi connectivity index (χ3n) is 6.42. The van der Waals surface area contributed by atoms with Crippen LogP contribution < -0.4 is 10.2 Å². The molecule has 1 N–H and O–H groups in total. The number of anilines is 2. The second-order valence-corrected chi connectivity index (χ2v) is 8.75. The lowest BCUT2D eigenvalue weighted by molar-refractivity contribution is -0.384. The molecule has 0 spiro atoms. The molecule has 2 saturated heterocycles. The lowest BCUT2D eigenvalue weighted by atomic mass is 9.94. The number of piperidine rings is 1. The van der Waals surface area contributed by atoms with Gasteiger partial charge in [-0.2, -0.15) is 0 Å². The highest BCUT2D eigenvalue weighted by Gasteiger charge is 2.38. The molecule has 0 saturated carbocycles. The average Bonchev–Trinajstić information content (AvgIpc) is 3.22. The van der Waals surface area contributed by atoms with Gasteiger partial charge >= 0.3 is 0 Å². The molecule has 1 unspecified atom stereocenters. The molecule has 34 heavy (non-hydrogen) atoms. The van der Waals surface area contributed by atoms with E-state index in [1.807, 2.05) is 31.2 Å². The van der Waals surface area contributed by atoms with E-state index in [9.17, 15) is 28.9 Å². The van der Waals surface area contributed by atoms with Gasteiger partial charge in [0.2, 0.25) is 17.7 Å². The van der Waals surface area contributed by atoms with Gasteiger partial charge in [0, 0.05) is 49.8 Å². The van der Waals surface area contributed by atoms with Gasteiger partial charge in [-0.05, 0) is 38.0 Å². The van der Waals surface area contributed by atoms with Crippen LogP contribution in [0.2, 0.25) is 0 Å². The number of amides is 3. The summed E-state index contributed by atoms with van der Waals surface area (Å²) >= 11 is 0. The second kappa shape index (κ2) is 9.58. The van der Waals surface area contributed by atoms with E-state index < -0.39 is 28.5 Å². The topological polar surface area (TPSA) is 113 Å². The molecule has 2 fully saturated rings. The number of aryl methyl sites for hydroxylation is 1. The minimum absolute atomic E-state index is 0.0875. The molecule has 1 atom stereocenters. The van der Waals surface area contributed by atoms with Crippen LogP contribution in [0.1, 0.15) is 24.8 Å². The molecule has 178 valence electrons. The number of halogens is 1. The van der Waals surface area contributed by atoms with Crippen molar-refractivity contribution in [3.8, 4) is 0 Å². The largest absolute Gasteiger partial charge is 0.342 e. The zero-order chi connectivity index (χ0) is 24.4. The molecular weight excluding hydrogens is 443 g/mol. The first-order valence-corrected chi connectivity index (χ1v) is 11.1. The van der Waals surface area contributed by atoms with E-state index >= 15 is 0 Å². The van der Waals surface area contributed by atoms with Crippen molar-refractivity contribution >= 4 is 34.8 Å². The smallest absolute Gasteiger partial charge is 0.271 e. The Hall–Kier alpha value is -3.82. The van der Waals surface area contributed by atoms with Gasteiger partial charge in [-0.1, -0.05) is 17.7 Å². The van der Waals surface area contributed by atoms with Crippen molar-refractivity contribution in [1.29, 1.82) is 0 Å². The van der Waals surface area contributed by atoms with Gasteiger partial charge in [0.15, 0.2) is 0 Å². The molecule has 4 rings (SSSR count). The Morgan fingerprint density at radius 2 is 1.76 bits per heavy atom. The monoisotopic (exact) mass is 468 g/mol. The highest BCUT2D eigenvalue weighted by atomic mass is 19.1. The van der Waals surface area contributed by atoms with Crippen molar-refractivity contribution < 1.29 is 23.7 Å². The van der Waals surface area contributed by atoms with Gasteiger partial charge in [-0.3, -0.25) is 24.5 Å². The summed E-state index contributed by atoms with van der Waals surface area (Å²) in [6, 6.07) is 10.5. The van der Waals surface area contributed by atoms with Crippen LogP contribution in [0.15, 0.2) is 42.5 Å². The molecule has 10 heteroatoms. The first-order valence-electron chi connectivity index (χ1n) is 11.1. The van der Waals surface area contributed by atoms with Crippen molar-refractivity contribution in [3.05, 3.63) is 64.0 Å². The summed E-state index contributed by atoms with van der Waals surface area (Å²) in [5, 5.41) is 13.3. The highest BCUT2D eigenvalue weighted by molar-refractivity contribution is 6.00. The summed E-state index contributed by atoms with van der Waals surface area (Å²) in [4.78, 5) is 51.7. The lowest BCUT2D eigenvalue weighted by Gasteiger charge is -2.33. The maximum atomic E-state index is 14.0. The zero-order valence-corrected chi connectivity index (χ0v) is 18.7. The normalized spacial score (nSPS) is 18.8. The average molecular weight is 468 g/mol. The fourth-order valence-electron chi connectivity index (χ4n) is 4.42. The molecule has 2 aliphatic rings. The number of hydrogen-bond acceptors (Lipinski definition) is 5. The summed E-state index contributed by atoms with van der Waals surface area (Å²) in [5.41, 5.74) is 1.30. The number of nitrogens with zero attached hydrogens (tertiary/aromatic N) is 3. The third kappa shape index (κ3) is 4.90. The lowest BCUT2D eigenvalue weighted by Crippen LogP contribution is -2.44. The third-order valence-corrected chi connectivity index (χ3v) is 6.42. The Kier molecular flexibility index (Phi) is 6.58. The zero-order valence-electron chi connectivity index (χ0n) is 18.7. The summed E-state index contributed by atoms with van der Waals surface area (Å²) in [6.07, 6.45) is 0.923. The van der Waals surface area contributed by atoms with Crippen LogP contribution in [0.3, 0.4) is 0 Å². The molecule has 3 amide bonds. The van der Waals surface area contributed by atoms with E-state index in [-0.39, 0.29) is 29.6 Å². The van der Waals surface area contributed by atoms with Crippen LogP contribution in [0.25, 0.3) is 0 Å². The number of carbonyl (C=O) groups is 3. The van der Waals surface area contributed by atoms with E-state index in [2.05, 4.69) is 5.32 Å². The Bertz CT molecular complexity index is 1130. The summed E-state index contributed by atoms with van der Waals surface area (Å²) in [6.45, 7) is 2.99. The Morgan fingerprint density at radius 1 is 1.09 bits per heavy atom. The van der Waals surface area contributed by atoms with Crippen LogP contribution in [0, 0.1) is 34.7 Å². The fourth-order valence-corrected chi connectivity index (χ4v) is 4.42. The van der Waals surface area contributed by atoms with Crippen molar-refractivity contribution in [1.82, 2.24) is 4.90 Å². The van der Waals surface area contributed by atoms with Gasteiger partial charge < -0.3 is 15.1 Å². The number of hydrogen-bond donors (Lipinski definition) is 1. The van der Waals surface area contributed by atoms with Crippen molar-refractivity contribution in [2.45, 2.75) is 26.2 Å². The number of likely N-dealkylation sites (tertiary alicyclic amines) is 1. The molecule has 2 aromatic rings. The first kappa shape index (κ1) is 23.3.